The Balaban J connectivity index is 1.04. The van der Waals surface area contributed by atoms with E-state index in [4.69, 9.17) is 9.72 Å². The van der Waals surface area contributed by atoms with E-state index >= 15 is 0 Å². The predicted octanol–water partition coefficient (Wildman–Crippen LogP) is 15.8. The summed E-state index contributed by atoms with van der Waals surface area (Å²) in [5.41, 5.74) is 15.3. The fourth-order valence-electron chi connectivity index (χ4n) is 10.1. The Hall–Kier alpha value is -7.33. The van der Waals surface area contributed by atoms with Crippen LogP contribution in [-0.2, 0) is 16.2 Å². The summed E-state index contributed by atoms with van der Waals surface area (Å²) in [5, 5.41) is 2.33. The molecule has 11 rings (SSSR count). The largest absolute Gasteiger partial charge is 0.503 e. The summed E-state index contributed by atoms with van der Waals surface area (Å²) in [5.74, 6) is 2.38. The monoisotopic (exact) mass is 846 g/mol. The van der Waals surface area contributed by atoms with Crippen LogP contribution in [0.5, 0.6) is 11.5 Å². The zero-order valence-electron chi connectivity index (χ0n) is 38.4. The number of pyridine rings is 1. The highest BCUT2D eigenvalue weighted by Gasteiger charge is 2.41. The Morgan fingerprint density at radius 3 is 2.00 bits per heavy atom. The van der Waals surface area contributed by atoms with E-state index in [1.165, 1.54) is 39.6 Å². The van der Waals surface area contributed by atoms with Crippen molar-refractivity contribution in [2.75, 3.05) is 0 Å². The van der Waals surface area contributed by atoms with Crippen LogP contribution in [-0.4, -0.2) is 15.6 Å². The van der Waals surface area contributed by atoms with Crippen molar-refractivity contribution >= 4 is 50.6 Å². The Labute approximate surface area is 382 Å². The Morgan fingerprint density at radius 1 is 0.554 bits per heavy atom. The van der Waals surface area contributed by atoms with Crippen LogP contribution < -0.4 is 13.9 Å². The molecule has 0 fully saturated rings. The Bertz CT molecular complexity index is 3430. The third kappa shape index (κ3) is 6.99. The molecule has 1 aliphatic carbocycles. The van der Waals surface area contributed by atoms with Crippen LogP contribution >= 0.6 is 0 Å². The van der Waals surface area contributed by atoms with Gasteiger partial charge in [0.15, 0.2) is 0 Å². The molecule has 0 spiro atoms. The minimum Gasteiger partial charge on any atom is -0.457 e. The first-order valence-electron chi connectivity index (χ1n) is 22.9. The molecule has 0 N–H and O–H groups in total. The van der Waals surface area contributed by atoms with Crippen molar-refractivity contribution < 1.29 is 4.74 Å². The molecule has 0 radical (unpaired) electrons. The highest BCUT2D eigenvalue weighted by Crippen LogP contribution is 2.49. The highest BCUT2D eigenvalue weighted by atomic mass is 16.5. The minimum atomic E-state index is -0.0123. The fraction of sp³-hybridized carbons (Fsp3) is 0.200. The van der Waals surface area contributed by atoms with E-state index in [1.54, 1.807) is 0 Å². The standard InChI is InChI=1S/C60H54N4O/c1-58(2,3)42-31-34-61-56(36-42)64-52-24-12-11-21-48(52)49-29-28-45(38-55(49)64)65-44-20-15-19-43(37-44)62-39-63(54-26-14-13-25-53(54)62)57-46(40-17-9-8-10-18-40)22-16-23-47(57)41-27-30-50-51(35-41)60(6,7)33-32-59(50,4)5/h8-31,34-38H,32-33H2,1-7H3/q+2. The van der Waals surface area contributed by atoms with Crippen LogP contribution in [0.1, 0.15) is 78.0 Å². The second-order valence-electron chi connectivity index (χ2n) is 20.1. The van der Waals surface area contributed by atoms with Crippen molar-refractivity contribution in [1.29, 1.82) is 0 Å². The van der Waals surface area contributed by atoms with Gasteiger partial charge in [0.1, 0.15) is 17.3 Å². The van der Waals surface area contributed by atoms with Gasteiger partial charge < -0.3 is 4.74 Å². The number of aromatic nitrogens is 2. The molecule has 7 aromatic carbocycles. The zero-order chi connectivity index (χ0) is 44.7. The second kappa shape index (κ2) is 15.1. The number of nitrogens with zero attached hydrogens (tertiary/aromatic N) is 4. The van der Waals surface area contributed by atoms with E-state index in [0.29, 0.717) is 0 Å². The van der Waals surface area contributed by atoms with Gasteiger partial charge in [-0.3, -0.25) is 4.57 Å². The van der Waals surface area contributed by atoms with Gasteiger partial charge in [0, 0.05) is 41.2 Å². The highest BCUT2D eigenvalue weighted by molar-refractivity contribution is 6.09. The first-order valence-corrected chi connectivity index (χ1v) is 22.9. The van der Waals surface area contributed by atoms with Crippen LogP contribution in [0.3, 0.4) is 0 Å². The summed E-state index contributed by atoms with van der Waals surface area (Å²) >= 11 is 0. The van der Waals surface area contributed by atoms with Crippen LogP contribution in [0.25, 0.3) is 49.9 Å². The van der Waals surface area contributed by atoms with Crippen LogP contribution in [0, 0.1) is 0 Å². The molecule has 0 saturated heterocycles. The average molecular weight is 847 g/mol. The number of benzene rings is 7. The Morgan fingerprint density at radius 2 is 1.22 bits per heavy atom. The number of ether oxygens (including phenoxy) is 1. The summed E-state index contributed by atoms with van der Waals surface area (Å²) in [6.07, 6.45) is 4.27. The van der Waals surface area contributed by atoms with Crippen LogP contribution in [0.2, 0.25) is 0 Å². The lowest BCUT2D eigenvalue weighted by Gasteiger charge is -2.42. The number of para-hydroxylation sites is 4. The summed E-state index contributed by atoms with van der Waals surface area (Å²) in [6, 6.07) is 64.7. The van der Waals surface area contributed by atoms with Crippen molar-refractivity contribution in [3.8, 4) is 39.6 Å². The van der Waals surface area contributed by atoms with Gasteiger partial charge in [-0.2, -0.15) is 0 Å². The molecule has 0 amide bonds. The van der Waals surface area contributed by atoms with Gasteiger partial charge in [-0.05, 0) is 115 Å². The Kier molecular flexibility index (Phi) is 9.43. The molecule has 5 heteroatoms. The smallest absolute Gasteiger partial charge is 0.457 e. The maximum absolute atomic E-state index is 6.78. The molecular formula is C60H54N4O+2. The van der Waals surface area contributed by atoms with Crippen molar-refractivity contribution in [1.82, 2.24) is 18.7 Å². The maximum Gasteiger partial charge on any atom is 0.503 e. The number of fused-ring (bicyclic) bond motifs is 5. The molecule has 5 nitrogen and oxygen atoms in total. The molecule has 9 aromatic rings. The quantitative estimate of drug-likeness (QED) is 0.150. The molecule has 2 aliphatic rings. The van der Waals surface area contributed by atoms with E-state index in [9.17, 15) is 0 Å². The molecule has 3 heterocycles. The minimum absolute atomic E-state index is 0.0123. The molecule has 65 heavy (non-hydrogen) atoms. The predicted molar refractivity (Wildman–Crippen MR) is 271 cm³/mol. The number of hydrogen-bond acceptors (Lipinski definition) is 2. The SMILES string of the molecule is CC(C)(C)c1ccnc(-n2c3ccccc3c3ccc(Oc4cccc([N+]5=C=[N+](c6c(-c7ccccc7)cccc6-c6ccc7c(c6)C(C)(C)CCC7(C)C)c6ccccc65)c4)cc32)c1. The topological polar surface area (TPSA) is 33.1 Å². The van der Waals surface area contributed by atoms with Gasteiger partial charge >= 0.3 is 6.01 Å². The molecule has 0 bridgehead atoms. The molecule has 2 aromatic heterocycles. The normalized spacial score (nSPS) is 15.1. The number of hydrogen-bond donors (Lipinski definition) is 0. The van der Waals surface area contributed by atoms with Crippen LogP contribution in [0.4, 0.5) is 22.7 Å². The lowest BCUT2D eigenvalue weighted by atomic mass is 9.63. The number of rotatable bonds is 7. The van der Waals surface area contributed by atoms with Gasteiger partial charge in [-0.25, -0.2) is 4.98 Å². The van der Waals surface area contributed by atoms with Crippen molar-refractivity contribution in [2.45, 2.75) is 77.6 Å². The third-order valence-corrected chi connectivity index (χ3v) is 13.9. The fourth-order valence-corrected chi connectivity index (χ4v) is 10.1. The van der Waals surface area contributed by atoms with E-state index in [2.05, 4.69) is 232 Å². The maximum atomic E-state index is 6.78. The second-order valence-corrected chi connectivity index (χ2v) is 20.1. The van der Waals surface area contributed by atoms with Crippen LogP contribution in [0.15, 0.2) is 176 Å². The zero-order valence-corrected chi connectivity index (χ0v) is 38.4. The first kappa shape index (κ1) is 40.4. The third-order valence-electron chi connectivity index (χ3n) is 13.9. The van der Waals surface area contributed by atoms with Crippen molar-refractivity contribution in [3.63, 3.8) is 0 Å². The van der Waals surface area contributed by atoms with E-state index in [1.807, 2.05) is 12.3 Å². The summed E-state index contributed by atoms with van der Waals surface area (Å²) in [4.78, 5) is 4.89. The van der Waals surface area contributed by atoms with E-state index in [0.717, 1.165) is 74.0 Å². The lowest BCUT2D eigenvalue weighted by Crippen LogP contribution is -2.33. The molecule has 0 atom stereocenters. The molecule has 0 saturated carbocycles. The van der Waals surface area contributed by atoms with Gasteiger partial charge in [-0.15, -0.1) is 0 Å². The van der Waals surface area contributed by atoms with E-state index < -0.39 is 0 Å². The summed E-state index contributed by atoms with van der Waals surface area (Å²) < 4.78 is 13.5. The van der Waals surface area contributed by atoms with Gasteiger partial charge in [0.25, 0.3) is 11.4 Å². The van der Waals surface area contributed by atoms with Gasteiger partial charge in [-0.1, -0.05) is 139 Å². The first-order chi connectivity index (χ1) is 31.3. The summed E-state index contributed by atoms with van der Waals surface area (Å²) in [6.45, 7) is 16.3. The average Bonchev–Trinajstić information content (AvgIpc) is 3.86. The van der Waals surface area contributed by atoms with Gasteiger partial charge in [0.2, 0.25) is 11.4 Å². The van der Waals surface area contributed by atoms with Crippen molar-refractivity contribution in [3.05, 3.63) is 193 Å². The molecular weight excluding hydrogens is 793 g/mol. The van der Waals surface area contributed by atoms with Crippen molar-refractivity contribution in [2.24, 2.45) is 0 Å². The van der Waals surface area contributed by atoms with Gasteiger partial charge in [0.05, 0.1) is 28.2 Å². The molecule has 0 unspecified atom stereocenters. The van der Waals surface area contributed by atoms with E-state index in [-0.39, 0.29) is 16.2 Å². The molecule has 1 aliphatic heterocycles. The lowest BCUT2D eigenvalue weighted by molar-refractivity contribution is 0.332. The summed E-state index contributed by atoms with van der Waals surface area (Å²) in [7, 11) is 0. The molecule has 318 valence electrons.